The molecule has 0 aliphatic heterocycles. The molecular formula is C24H26N4S2. The Morgan fingerprint density at radius 1 is 0.933 bits per heavy atom. The number of thioether (sulfide) groups is 1. The second-order valence-corrected chi connectivity index (χ2v) is 10.7. The molecule has 6 heteroatoms. The fraction of sp³-hybridized carbons (Fsp3) is 0.292. The van der Waals surface area contributed by atoms with E-state index < -0.39 is 0 Å². The van der Waals surface area contributed by atoms with Gasteiger partial charge in [-0.25, -0.2) is 9.67 Å². The highest BCUT2D eigenvalue weighted by Gasteiger charge is 2.18. The predicted octanol–water partition coefficient (Wildman–Crippen LogP) is 6.79. The standard InChI is InChI=1S/C24H26N4S2/c1-14(2)29-23-22(19-9-7-8-15(3)10-19)26-24(30-23)28-13-21(18(6)27-28)20-11-16(4)25-17(5)12-20/h7-14H,1-6H3. The average Bonchev–Trinajstić information content (AvgIpc) is 3.24. The van der Waals surface area contributed by atoms with Gasteiger partial charge in [0.05, 0.1) is 15.6 Å². The van der Waals surface area contributed by atoms with E-state index in [1.165, 1.54) is 9.77 Å². The molecule has 0 saturated carbocycles. The van der Waals surface area contributed by atoms with Crippen LogP contribution in [0.15, 0.2) is 46.8 Å². The molecule has 0 fully saturated rings. The van der Waals surface area contributed by atoms with Gasteiger partial charge in [0.25, 0.3) is 0 Å². The first-order valence-electron chi connectivity index (χ1n) is 10.1. The molecule has 3 aromatic heterocycles. The van der Waals surface area contributed by atoms with E-state index in [2.05, 4.69) is 75.3 Å². The van der Waals surface area contributed by atoms with E-state index in [0.29, 0.717) is 5.25 Å². The quantitative estimate of drug-likeness (QED) is 0.324. The Balaban J connectivity index is 1.79. The summed E-state index contributed by atoms with van der Waals surface area (Å²) in [4.78, 5) is 9.51. The zero-order valence-electron chi connectivity index (χ0n) is 18.2. The Hall–Kier alpha value is -2.44. The third-order valence-corrected chi connectivity index (χ3v) is 6.96. The first kappa shape index (κ1) is 20.8. The molecule has 0 aliphatic carbocycles. The van der Waals surface area contributed by atoms with Crippen LogP contribution in [-0.2, 0) is 0 Å². The molecule has 1 aromatic carbocycles. The minimum Gasteiger partial charge on any atom is -0.258 e. The number of aryl methyl sites for hydroxylation is 4. The van der Waals surface area contributed by atoms with E-state index in [4.69, 9.17) is 10.1 Å². The molecule has 4 aromatic rings. The van der Waals surface area contributed by atoms with Crippen LogP contribution < -0.4 is 0 Å². The Morgan fingerprint density at radius 3 is 2.33 bits per heavy atom. The summed E-state index contributed by atoms with van der Waals surface area (Å²) in [6.45, 7) is 12.7. The van der Waals surface area contributed by atoms with Crippen molar-refractivity contribution in [2.75, 3.05) is 0 Å². The number of hydrogen-bond donors (Lipinski definition) is 0. The van der Waals surface area contributed by atoms with Gasteiger partial charge in [-0.15, -0.1) is 11.8 Å². The molecule has 0 spiro atoms. The molecule has 0 bridgehead atoms. The van der Waals surface area contributed by atoms with Crippen molar-refractivity contribution in [1.29, 1.82) is 0 Å². The fourth-order valence-corrected chi connectivity index (χ4v) is 5.94. The van der Waals surface area contributed by atoms with Crippen molar-refractivity contribution >= 4 is 23.1 Å². The summed E-state index contributed by atoms with van der Waals surface area (Å²) in [6, 6.07) is 12.8. The second kappa shape index (κ2) is 8.36. The lowest BCUT2D eigenvalue weighted by Crippen LogP contribution is -1.94. The number of hydrogen-bond acceptors (Lipinski definition) is 5. The number of aromatic nitrogens is 4. The normalized spacial score (nSPS) is 11.4. The van der Waals surface area contributed by atoms with Crippen molar-refractivity contribution in [2.45, 2.75) is 51.0 Å². The Labute approximate surface area is 186 Å². The SMILES string of the molecule is Cc1cccc(-c2nc(-n3cc(-c4cc(C)nc(C)c4)c(C)n3)sc2SC(C)C)c1. The molecule has 0 radical (unpaired) electrons. The number of nitrogens with zero attached hydrogens (tertiary/aromatic N) is 4. The molecule has 0 aliphatic rings. The van der Waals surface area contributed by atoms with Gasteiger partial charge in [0.1, 0.15) is 0 Å². The largest absolute Gasteiger partial charge is 0.258 e. The Kier molecular flexibility index (Phi) is 5.80. The molecule has 0 saturated heterocycles. The summed E-state index contributed by atoms with van der Waals surface area (Å²) in [5.41, 5.74) is 8.74. The number of thiazole rings is 1. The highest BCUT2D eigenvalue weighted by Crippen LogP contribution is 2.40. The topological polar surface area (TPSA) is 43.6 Å². The van der Waals surface area contributed by atoms with Gasteiger partial charge >= 0.3 is 0 Å². The Bertz CT molecular complexity index is 1180. The van der Waals surface area contributed by atoms with E-state index >= 15 is 0 Å². The molecule has 30 heavy (non-hydrogen) atoms. The van der Waals surface area contributed by atoms with E-state index in [0.717, 1.165) is 44.6 Å². The van der Waals surface area contributed by atoms with Crippen LogP contribution in [0, 0.1) is 27.7 Å². The van der Waals surface area contributed by atoms with Crippen molar-refractivity contribution in [2.24, 2.45) is 0 Å². The van der Waals surface area contributed by atoms with Gasteiger partial charge in [-0.05, 0) is 51.5 Å². The molecule has 3 heterocycles. The lowest BCUT2D eigenvalue weighted by molar-refractivity contribution is 0.853. The molecule has 0 amide bonds. The third-order valence-electron chi connectivity index (χ3n) is 4.71. The van der Waals surface area contributed by atoms with Crippen LogP contribution in [0.3, 0.4) is 0 Å². The molecule has 4 rings (SSSR count). The number of pyridine rings is 1. The van der Waals surface area contributed by atoms with Gasteiger partial charge in [-0.2, -0.15) is 5.10 Å². The van der Waals surface area contributed by atoms with Crippen molar-refractivity contribution in [3.63, 3.8) is 0 Å². The Morgan fingerprint density at radius 2 is 1.67 bits per heavy atom. The first-order chi connectivity index (χ1) is 14.3. The van der Waals surface area contributed by atoms with Crippen molar-refractivity contribution in [1.82, 2.24) is 19.7 Å². The zero-order valence-corrected chi connectivity index (χ0v) is 19.9. The average molecular weight is 435 g/mol. The van der Waals surface area contributed by atoms with E-state index in [9.17, 15) is 0 Å². The molecular weight excluding hydrogens is 408 g/mol. The minimum absolute atomic E-state index is 0.486. The van der Waals surface area contributed by atoms with Crippen LogP contribution in [0.2, 0.25) is 0 Å². The lowest BCUT2D eigenvalue weighted by atomic mass is 10.1. The van der Waals surface area contributed by atoms with Crippen LogP contribution in [0.4, 0.5) is 0 Å². The van der Waals surface area contributed by atoms with Crippen molar-refractivity contribution in [3.8, 4) is 27.5 Å². The minimum atomic E-state index is 0.486. The van der Waals surface area contributed by atoms with Crippen LogP contribution in [0.25, 0.3) is 27.5 Å². The second-order valence-electron chi connectivity index (χ2n) is 7.88. The maximum atomic E-state index is 5.01. The summed E-state index contributed by atoms with van der Waals surface area (Å²) in [5.74, 6) is 0. The maximum absolute atomic E-state index is 5.01. The predicted molar refractivity (Wildman–Crippen MR) is 128 cm³/mol. The van der Waals surface area contributed by atoms with Gasteiger partial charge in [-0.3, -0.25) is 4.98 Å². The van der Waals surface area contributed by atoms with E-state index in [-0.39, 0.29) is 0 Å². The molecule has 4 nitrogen and oxygen atoms in total. The molecule has 0 atom stereocenters. The van der Waals surface area contributed by atoms with Gasteiger partial charge in [0, 0.05) is 34.0 Å². The smallest absolute Gasteiger partial charge is 0.211 e. The zero-order chi connectivity index (χ0) is 21.4. The van der Waals surface area contributed by atoms with Gasteiger partial charge in [-0.1, -0.05) is 48.9 Å². The highest BCUT2D eigenvalue weighted by molar-refractivity contribution is 8.01. The van der Waals surface area contributed by atoms with Crippen LogP contribution in [-0.4, -0.2) is 25.0 Å². The van der Waals surface area contributed by atoms with Crippen LogP contribution >= 0.6 is 23.1 Å². The maximum Gasteiger partial charge on any atom is 0.211 e. The van der Waals surface area contributed by atoms with E-state index in [1.807, 2.05) is 30.3 Å². The summed E-state index contributed by atoms with van der Waals surface area (Å²) in [6.07, 6.45) is 2.09. The van der Waals surface area contributed by atoms with Crippen LogP contribution in [0.1, 0.15) is 36.5 Å². The number of benzene rings is 1. The third kappa shape index (κ3) is 4.35. The summed E-state index contributed by atoms with van der Waals surface area (Å²) >= 11 is 3.56. The van der Waals surface area contributed by atoms with Crippen molar-refractivity contribution < 1.29 is 0 Å². The first-order valence-corrected chi connectivity index (χ1v) is 11.8. The summed E-state index contributed by atoms with van der Waals surface area (Å²) in [5, 5.41) is 6.18. The molecule has 154 valence electrons. The lowest BCUT2D eigenvalue weighted by Gasteiger charge is -2.05. The van der Waals surface area contributed by atoms with Gasteiger partial charge in [0.2, 0.25) is 5.13 Å². The van der Waals surface area contributed by atoms with E-state index in [1.54, 1.807) is 11.3 Å². The van der Waals surface area contributed by atoms with Crippen LogP contribution in [0.5, 0.6) is 0 Å². The fourth-order valence-electron chi connectivity index (χ4n) is 3.49. The summed E-state index contributed by atoms with van der Waals surface area (Å²) in [7, 11) is 0. The molecule has 0 N–H and O–H groups in total. The van der Waals surface area contributed by atoms with Gasteiger partial charge in [0.15, 0.2) is 0 Å². The highest BCUT2D eigenvalue weighted by atomic mass is 32.2. The number of rotatable bonds is 5. The summed E-state index contributed by atoms with van der Waals surface area (Å²) < 4.78 is 3.15. The van der Waals surface area contributed by atoms with Crippen molar-refractivity contribution in [3.05, 3.63) is 65.2 Å². The molecule has 0 unspecified atom stereocenters. The van der Waals surface area contributed by atoms with Gasteiger partial charge < -0.3 is 0 Å². The monoisotopic (exact) mass is 434 g/mol.